The number of nitrogens with one attached hydrogen (secondary N) is 1. The molecule has 162 valence electrons. The van der Waals surface area contributed by atoms with Crippen LogP contribution in [0.2, 0.25) is 0 Å². The summed E-state index contributed by atoms with van der Waals surface area (Å²) >= 11 is 1.34. The fourth-order valence-corrected chi connectivity index (χ4v) is 5.74. The molecule has 1 N–H and O–H groups in total. The van der Waals surface area contributed by atoms with Gasteiger partial charge in [-0.2, -0.15) is 5.10 Å². The van der Waals surface area contributed by atoms with Gasteiger partial charge in [-0.05, 0) is 37.8 Å². The topological polar surface area (TPSA) is 81.8 Å². The van der Waals surface area contributed by atoms with Crippen LogP contribution in [0.1, 0.15) is 63.5 Å². The van der Waals surface area contributed by atoms with E-state index in [1.807, 2.05) is 39.6 Å². The van der Waals surface area contributed by atoms with Gasteiger partial charge in [0.2, 0.25) is 5.91 Å². The number of anilines is 1. The highest BCUT2D eigenvalue weighted by Gasteiger charge is 2.24. The third-order valence-electron chi connectivity index (χ3n) is 6.41. The van der Waals surface area contributed by atoms with Crippen LogP contribution in [0.25, 0.3) is 10.9 Å². The Balaban J connectivity index is 1.36. The van der Waals surface area contributed by atoms with E-state index >= 15 is 0 Å². The molecule has 7 nitrogen and oxygen atoms in total. The van der Waals surface area contributed by atoms with Gasteiger partial charge in [0, 0.05) is 12.1 Å². The minimum Gasteiger partial charge on any atom is -0.310 e. The molecular formula is C23H27N5O2S. The van der Waals surface area contributed by atoms with E-state index in [4.69, 9.17) is 4.98 Å². The molecule has 0 aliphatic heterocycles. The maximum atomic E-state index is 13.2. The molecule has 8 heteroatoms. The lowest BCUT2D eigenvalue weighted by molar-refractivity contribution is -0.113. The molecular weight excluding hydrogens is 410 g/mol. The molecule has 1 amide bonds. The smallest absolute Gasteiger partial charge is 0.262 e. The number of thioether (sulfide) groups is 1. The summed E-state index contributed by atoms with van der Waals surface area (Å²) in [7, 11) is 0. The zero-order chi connectivity index (χ0) is 21.2. The van der Waals surface area contributed by atoms with Crippen LogP contribution < -0.4 is 10.9 Å². The van der Waals surface area contributed by atoms with Crippen LogP contribution >= 0.6 is 11.8 Å². The zero-order valence-corrected chi connectivity index (χ0v) is 18.3. The van der Waals surface area contributed by atoms with E-state index in [2.05, 4.69) is 10.4 Å². The Morgan fingerprint density at radius 2 is 1.74 bits per heavy atom. The van der Waals surface area contributed by atoms with Crippen LogP contribution in [-0.4, -0.2) is 31.0 Å². The van der Waals surface area contributed by atoms with Gasteiger partial charge in [0.15, 0.2) is 5.16 Å². The summed E-state index contributed by atoms with van der Waals surface area (Å²) in [6.07, 6.45) is 10.6. The number of carbonyl (C=O) groups is 1. The molecule has 2 aromatic heterocycles. The standard InChI is InChI=1S/C23H27N5O2S/c29-21(26-20-13-14-24-28(20)17-9-3-4-10-17)15-31-23-25-19-12-6-5-11-18(19)22(30)27(23)16-7-1-2-8-16/h5-6,11-14,16-17H,1-4,7-10,15H2,(H,26,29). The molecule has 5 rings (SSSR count). The first-order chi connectivity index (χ1) is 15.2. The van der Waals surface area contributed by atoms with Crippen LogP contribution in [0, 0.1) is 0 Å². The number of hydrogen-bond donors (Lipinski definition) is 1. The molecule has 0 spiro atoms. The molecule has 2 aliphatic carbocycles. The van der Waals surface area contributed by atoms with Gasteiger partial charge in [0.1, 0.15) is 5.82 Å². The maximum Gasteiger partial charge on any atom is 0.262 e. The fraction of sp³-hybridized carbons (Fsp3) is 0.478. The molecule has 2 heterocycles. The molecule has 0 atom stereocenters. The predicted octanol–water partition coefficient (Wildman–Crippen LogP) is 4.55. The highest BCUT2D eigenvalue weighted by Crippen LogP contribution is 2.33. The molecule has 2 aliphatic rings. The van der Waals surface area contributed by atoms with Crippen molar-refractivity contribution >= 4 is 34.4 Å². The van der Waals surface area contributed by atoms with Crippen molar-refractivity contribution in [2.45, 2.75) is 68.6 Å². The van der Waals surface area contributed by atoms with Crippen molar-refractivity contribution in [3.63, 3.8) is 0 Å². The first kappa shape index (κ1) is 20.3. The van der Waals surface area contributed by atoms with Crippen molar-refractivity contribution in [1.29, 1.82) is 0 Å². The number of benzene rings is 1. The van der Waals surface area contributed by atoms with E-state index in [1.54, 1.807) is 6.20 Å². The second-order valence-electron chi connectivity index (χ2n) is 8.46. The summed E-state index contributed by atoms with van der Waals surface area (Å²) < 4.78 is 3.77. The normalized spacial score (nSPS) is 17.5. The van der Waals surface area contributed by atoms with Crippen LogP contribution in [0.5, 0.6) is 0 Å². The number of carbonyl (C=O) groups excluding carboxylic acids is 1. The minimum atomic E-state index is -0.106. The van der Waals surface area contributed by atoms with Gasteiger partial charge >= 0.3 is 0 Å². The molecule has 31 heavy (non-hydrogen) atoms. The van der Waals surface area contributed by atoms with Crippen molar-refractivity contribution in [1.82, 2.24) is 19.3 Å². The Hall–Kier alpha value is -2.61. The lowest BCUT2D eigenvalue weighted by Gasteiger charge is -2.18. The summed E-state index contributed by atoms with van der Waals surface area (Å²) in [6, 6.07) is 9.84. The van der Waals surface area contributed by atoms with Gasteiger partial charge in [-0.3, -0.25) is 14.2 Å². The average molecular weight is 438 g/mol. The molecule has 0 saturated heterocycles. The summed E-state index contributed by atoms with van der Waals surface area (Å²) in [6.45, 7) is 0. The third-order valence-corrected chi connectivity index (χ3v) is 7.36. The van der Waals surface area contributed by atoms with Crippen molar-refractivity contribution in [2.24, 2.45) is 0 Å². The summed E-state index contributed by atoms with van der Waals surface area (Å²) in [4.78, 5) is 30.7. The van der Waals surface area contributed by atoms with E-state index in [0.717, 1.165) is 44.3 Å². The molecule has 1 aromatic carbocycles. The molecule has 0 bridgehead atoms. The second-order valence-corrected chi connectivity index (χ2v) is 9.40. The first-order valence-electron chi connectivity index (χ1n) is 11.2. The van der Waals surface area contributed by atoms with E-state index in [1.165, 1.54) is 24.6 Å². The molecule has 0 radical (unpaired) electrons. The quantitative estimate of drug-likeness (QED) is 0.452. The van der Waals surface area contributed by atoms with E-state index < -0.39 is 0 Å². The Bertz CT molecular complexity index is 1140. The monoisotopic (exact) mass is 437 g/mol. The summed E-state index contributed by atoms with van der Waals surface area (Å²) in [5.41, 5.74) is 0.684. The number of fused-ring (bicyclic) bond motifs is 1. The molecule has 2 fully saturated rings. The van der Waals surface area contributed by atoms with Crippen molar-refractivity contribution < 1.29 is 4.79 Å². The number of nitrogens with zero attached hydrogens (tertiary/aromatic N) is 4. The van der Waals surface area contributed by atoms with Crippen LogP contribution in [0.3, 0.4) is 0 Å². The predicted molar refractivity (Wildman–Crippen MR) is 123 cm³/mol. The number of amides is 1. The van der Waals surface area contributed by atoms with Crippen LogP contribution in [0.4, 0.5) is 5.82 Å². The fourth-order valence-electron chi connectivity index (χ4n) is 4.87. The van der Waals surface area contributed by atoms with Gasteiger partial charge in [-0.15, -0.1) is 0 Å². The molecule has 0 unspecified atom stereocenters. The Kier molecular flexibility index (Phi) is 5.80. The van der Waals surface area contributed by atoms with Crippen molar-refractivity contribution in [3.05, 3.63) is 46.9 Å². The molecule has 2 saturated carbocycles. The Morgan fingerprint density at radius 3 is 2.52 bits per heavy atom. The third kappa shape index (κ3) is 4.13. The highest BCUT2D eigenvalue weighted by atomic mass is 32.2. The van der Waals surface area contributed by atoms with Gasteiger partial charge in [-0.1, -0.05) is 49.6 Å². The Labute approximate surface area is 185 Å². The van der Waals surface area contributed by atoms with Crippen LogP contribution in [0.15, 0.2) is 46.5 Å². The van der Waals surface area contributed by atoms with E-state index in [0.29, 0.717) is 22.1 Å². The van der Waals surface area contributed by atoms with E-state index in [-0.39, 0.29) is 23.3 Å². The average Bonchev–Trinajstić information content (AvgIpc) is 3.54. The van der Waals surface area contributed by atoms with Gasteiger partial charge in [0.25, 0.3) is 5.56 Å². The van der Waals surface area contributed by atoms with Gasteiger partial charge < -0.3 is 5.32 Å². The second kappa shape index (κ2) is 8.86. The number of para-hydroxylation sites is 1. The summed E-state index contributed by atoms with van der Waals surface area (Å²) in [5, 5.41) is 8.70. The zero-order valence-electron chi connectivity index (χ0n) is 17.5. The SMILES string of the molecule is O=C(CSc1nc2ccccc2c(=O)n1C1CCCC1)Nc1ccnn1C1CCCC1. The van der Waals surface area contributed by atoms with Crippen molar-refractivity contribution in [3.8, 4) is 0 Å². The lowest BCUT2D eigenvalue weighted by Crippen LogP contribution is -2.27. The Morgan fingerprint density at radius 1 is 1.03 bits per heavy atom. The molecule has 3 aromatic rings. The van der Waals surface area contributed by atoms with E-state index in [9.17, 15) is 9.59 Å². The number of rotatable bonds is 6. The summed E-state index contributed by atoms with van der Waals surface area (Å²) in [5.74, 6) is 0.843. The van der Waals surface area contributed by atoms with Crippen LogP contribution in [-0.2, 0) is 4.79 Å². The first-order valence-corrected chi connectivity index (χ1v) is 12.2. The lowest BCUT2D eigenvalue weighted by atomic mass is 10.2. The minimum absolute atomic E-state index is 0.000261. The number of aromatic nitrogens is 4. The van der Waals surface area contributed by atoms with Crippen molar-refractivity contribution in [2.75, 3.05) is 11.1 Å². The largest absolute Gasteiger partial charge is 0.310 e. The van der Waals surface area contributed by atoms with Gasteiger partial charge in [-0.25, -0.2) is 9.67 Å². The maximum absolute atomic E-state index is 13.2. The highest BCUT2D eigenvalue weighted by molar-refractivity contribution is 7.99. The number of hydrogen-bond acceptors (Lipinski definition) is 5. The van der Waals surface area contributed by atoms with Gasteiger partial charge in [0.05, 0.1) is 28.9 Å².